The van der Waals surface area contributed by atoms with Crippen LogP contribution in [-0.4, -0.2) is 15.9 Å². The lowest BCUT2D eigenvalue weighted by atomic mass is 10.1. The minimum Gasteiger partial charge on any atom is -0.320 e. The highest BCUT2D eigenvalue weighted by Crippen LogP contribution is 2.22. The lowest BCUT2D eigenvalue weighted by Crippen LogP contribution is -2.13. The number of rotatable bonds is 2. The summed E-state index contributed by atoms with van der Waals surface area (Å²) in [6.07, 6.45) is 1.66. The lowest BCUT2D eigenvalue weighted by Gasteiger charge is -2.09. The van der Waals surface area contributed by atoms with Crippen molar-refractivity contribution in [2.24, 2.45) is 0 Å². The molecule has 2 aromatic heterocycles. The second-order valence-corrected chi connectivity index (χ2v) is 5.38. The fraction of sp³-hybridized carbons (Fsp3) is 0.0625. The Bertz CT molecular complexity index is 833. The van der Waals surface area contributed by atoms with Gasteiger partial charge in [-0.3, -0.25) is 9.78 Å². The van der Waals surface area contributed by atoms with Crippen LogP contribution in [0.3, 0.4) is 0 Å². The summed E-state index contributed by atoms with van der Waals surface area (Å²) in [5.41, 5.74) is 2.87. The normalized spacial score (nSPS) is 10.6. The van der Waals surface area contributed by atoms with Crippen molar-refractivity contribution in [2.75, 3.05) is 5.32 Å². The zero-order valence-electron chi connectivity index (χ0n) is 11.3. The molecule has 0 radical (unpaired) electrons. The van der Waals surface area contributed by atoms with Crippen LogP contribution in [0.1, 0.15) is 16.1 Å². The number of aryl methyl sites for hydroxylation is 1. The SMILES string of the molecule is Cc1cc(C(=O)Nc2cccnc2Br)c2ccccc2n1. The fourth-order valence-electron chi connectivity index (χ4n) is 2.16. The molecule has 1 aromatic carbocycles. The Morgan fingerprint density at radius 3 is 2.81 bits per heavy atom. The van der Waals surface area contributed by atoms with E-state index in [1.165, 1.54) is 0 Å². The average molecular weight is 342 g/mol. The molecule has 0 bridgehead atoms. The smallest absolute Gasteiger partial charge is 0.256 e. The molecular formula is C16H12BrN3O. The van der Waals surface area contributed by atoms with E-state index in [-0.39, 0.29) is 5.91 Å². The van der Waals surface area contributed by atoms with Crippen LogP contribution in [0, 0.1) is 6.92 Å². The first-order valence-corrected chi connectivity index (χ1v) is 7.23. The van der Waals surface area contributed by atoms with E-state index < -0.39 is 0 Å². The summed E-state index contributed by atoms with van der Waals surface area (Å²) in [4.78, 5) is 21.1. The molecule has 4 nitrogen and oxygen atoms in total. The van der Waals surface area contributed by atoms with Crippen molar-refractivity contribution in [2.45, 2.75) is 6.92 Å². The van der Waals surface area contributed by atoms with Crippen LogP contribution in [0.4, 0.5) is 5.69 Å². The first kappa shape index (κ1) is 13.7. The molecule has 0 saturated carbocycles. The number of anilines is 1. The highest BCUT2D eigenvalue weighted by atomic mass is 79.9. The Morgan fingerprint density at radius 2 is 2.00 bits per heavy atom. The largest absolute Gasteiger partial charge is 0.320 e. The Hall–Kier alpha value is -2.27. The maximum absolute atomic E-state index is 12.5. The minimum absolute atomic E-state index is 0.176. The molecule has 0 fully saturated rings. The predicted octanol–water partition coefficient (Wildman–Crippen LogP) is 3.95. The maximum Gasteiger partial charge on any atom is 0.256 e. The van der Waals surface area contributed by atoms with Gasteiger partial charge in [-0.15, -0.1) is 0 Å². The number of nitrogens with zero attached hydrogens (tertiary/aromatic N) is 2. The summed E-state index contributed by atoms with van der Waals surface area (Å²) in [6.45, 7) is 1.88. The number of fused-ring (bicyclic) bond motifs is 1. The molecule has 104 valence electrons. The summed E-state index contributed by atoms with van der Waals surface area (Å²) in [5, 5.41) is 3.70. The minimum atomic E-state index is -0.176. The molecule has 21 heavy (non-hydrogen) atoms. The molecule has 0 unspecified atom stereocenters. The van der Waals surface area contributed by atoms with Gasteiger partial charge in [-0.1, -0.05) is 18.2 Å². The summed E-state index contributed by atoms with van der Waals surface area (Å²) in [6, 6.07) is 13.0. The third-order valence-corrected chi connectivity index (χ3v) is 3.73. The van der Waals surface area contributed by atoms with Crippen LogP contribution in [-0.2, 0) is 0 Å². The lowest BCUT2D eigenvalue weighted by molar-refractivity contribution is 0.102. The van der Waals surface area contributed by atoms with E-state index in [9.17, 15) is 4.79 Å². The summed E-state index contributed by atoms with van der Waals surface area (Å²) in [5.74, 6) is -0.176. The highest BCUT2D eigenvalue weighted by molar-refractivity contribution is 9.10. The fourth-order valence-corrected chi connectivity index (χ4v) is 2.51. The van der Waals surface area contributed by atoms with Gasteiger partial charge < -0.3 is 5.32 Å². The number of nitrogens with one attached hydrogen (secondary N) is 1. The number of halogens is 1. The Morgan fingerprint density at radius 1 is 1.19 bits per heavy atom. The molecule has 3 aromatic rings. The quantitative estimate of drug-likeness (QED) is 0.718. The molecule has 1 N–H and O–H groups in total. The standard InChI is InChI=1S/C16H12BrN3O/c1-10-9-12(11-5-2-3-6-13(11)19-10)16(21)20-14-7-4-8-18-15(14)17/h2-9H,1H3,(H,20,21). The van der Waals surface area contributed by atoms with Crippen LogP contribution >= 0.6 is 15.9 Å². The monoisotopic (exact) mass is 341 g/mol. The Kier molecular flexibility index (Phi) is 3.66. The zero-order valence-corrected chi connectivity index (χ0v) is 12.9. The average Bonchev–Trinajstić information content (AvgIpc) is 2.48. The third-order valence-electron chi connectivity index (χ3n) is 3.10. The van der Waals surface area contributed by atoms with Crippen molar-refractivity contribution in [3.63, 3.8) is 0 Å². The van der Waals surface area contributed by atoms with Crippen LogP contribution in [0.25, 0.3) is 10.9 Å². The molecule has 0 aliphatic carbocycles. The molecule has 2 heterocycles. The molecule has 0 aliphatic rings. The third kappa shape index (κ3) is 2.78. The summed E-state index contributed by atoms with van der Waals surface area (Å²) < 4.78 is 0.605. The number of aromatic nitrogens is 2. The molecule has 5 heteroatoms. The number of carbonyl (C=O) groups is 1. The van der Waals surface area contributed by atoms with E-state index in [1.807, 2.05) is 31.2 Å². The van der Waals surface area contributed by atoms with Crippen LogP contribution in [0.5, 0.6) is 0 Å². The van der Waals surface area contributed by atoms with E-state index >= 15 is 0 Å². The number of hydrogen-bond acceptors (Lipinski definition) is 3. The van der Waals surface area contributed by atoms with E-state index in [2.05, 4.69) is 31.2 Å². The highest BCUT2D eigenvalue weighted by Gasteiger charge is 2.13. The molecule has 0 saturated heterocycles. The number of carbonyl (C=O) groups excluding carboxylic acids is 1. The first-order valence-electron chi connectivity index (χ1n) is 6.43. The van der Waals surface area contributed by atoms with Gasteiger partial charge in [0.05, 0.1) is 16.8 Å². The van der Waals surface area contributed by atoms with Crippen molar-refractivity contribution in [1.82, 2.24) is 9.97 Å². The van der Waals surface area contributed by atoms with Crippen molar-refractivity contribution in [3.05, 3.63) is 64.5 Å². The van der Waals surface area contributed by atoms with Gasteiger partial charge in [-0.2, -0.15) is 0 Å². The number of pyridine rings is 2. The van der Waals surface area contributed by atoms with E-state index in [4.69, 9.17) is 0 Å². The second kappa shape index (κ2) is 5.61. The van der Waals surface area contributed by atoms with Gasteiger partial charge in [-0.05, 0) is 47.1 Å². The van der Waals surface area contributed by atoms with Crippen molar-refractivity contribution >= 4 is 38.4 Å². The summed E-state index contributed by atoms with van der Waals surface area (Å²) in [7, 11) is 0. The molecule has 0 spiro atoms. The zero-order chi connectivity index (χ0) is 14.8. The predicted molar refractivity (Wildman–Crippen MR) is 86.4 cm³/mol. The molecule has 1 amide bonds. The molecule has 0 aliphatic heterocycles. The maximum atomic E-state index is 12.5. The van der Waals surface area contributed by atoms with Crippen LogP contribution in [0.15, 0.2) is 53.3 Å². The molecular weight excluding hydrogens is 330 g/mol. The van der Waals surface area contributed by atoms with Gasteiger partial charge in [0.1, 0.15) is 4.60 Å². The number of para-hydroxylation sites is 1. The summed E-state index contributed by atoms with van der Waals surface area (Å²) >= 11 is 3.32. The Balaban J connectivity index is 2.04. The van der Waals surface area contributed by atoms with Crippen LogP contribution in [0.2, 0.25) is 0 Å². The topological polar surface area (TPSA) is 54.9 Å². The second-order valence-electron chi connectivity index (χ2n) is 4.62. The number of benzene rings is 1. The number of amides is 1. The van der Waals surface area contributed by atoms with Crippen molar-refractivity contribution in [1.29, 1.82) is 0 Å². The van der Waals surface area contributed by atoms with Crippen LogP contribution < -0.4 is 5.32 Å². The van der Waals surface area contributed by atoms with Gasteiger partial charge in [-0.25, -0.2) is 4.98 Å². The van der Waals surface area contributed by atoms with E-state index in [0.29, 0.717) is 15.9 Å². The van der Waals surface area contributed by atoms with Gasteiger partial charge >= 0.3 is 0 Å². The van der Waals surface area contributed by atoms with E-state index in [0.717, 1.165) is 16.6 Å². The van der Waals surface area contributed by atoms with Gasteiger partial charge in [0.2, 0.25) is 0 Å². The van der Waals surface area contributed by atoms with Gasteiger partial charge in [0, 0.05) is 17.3 Å². The first-order chi connectivity index (χ1) is 10.1. The van der Waals surface area contributed by atoms with Gasteiger partial charge in [0.25, 0.3) is 5.91 Å². The van der Waals surface area contributed by atoms with Crippen molar-refractivity contribution < 1.29 is 4.79 Å². The molecule has 0 atom stereocenters. The van der Waals surface area contributed by atoms with E-state index in [1.54, 1.807) is 24.4 Å². The van der Waals surface area contributed by atoms with Gasteiger partial charge in [0.15, 0.2) is 0 Å². The Labute approximate surface area is 130 Å². The van der Waals surface area contributed by atoms with Crippen molar-refractivity contribution in [3.8, 4) is 0 Å². The molecule has 3 rings (SSSR count). The number of hydrogen-bond donors (Lipinski definition) is 1.